The van der Waals surface area contributed by atoms with Crippen LogP contribution in [0.25, 0.3) is 0 Å². The first-order chi connectivity index (χ1) is 19.8. The highest BCUT2D eigenvalue weighted by Crippen LogP contribution is 2.55. The third-order valence-corrected chi connectivity index (χ3v) is 9.08. The maximum Gasteiger partial charge on any atom is 0.306 e. The van der Waals surface area contributed by atoms with Crippen LogP contribution in [0.5, 0.6) is 11.5 Å². The third-order valence-electron chi connectivity index (χ3n) is 9.08. The summed E-state index contributed by atoms with van der Waals surface area (Å²) in [5, 5.41) is 3.36. The maximum atomic E-state index is 12.9. The van der Waals surface area contributed by atoms with Gasteiger partial charge in [-0.05, 0) is 113 Å². The number of aryl methyl sites for hydroxylation is 2. The normalized spacial score (nSPS) is 25.1. The number of nitrogens with zero attached hydrogens (tertiary/aromatic N) is 1. The number of esters is 1. The van der Waals surface area contributed by atoms with Crippen LogP contribution in [-0.4, -0.2) is 62.8 Å². The Morgan fingerprint density at radius 1 is 0.951 bits per heavy atom. The third kappa shape index (κ3) is 8.03. The molecule has 1 atom stereocenters. The lowest BCUT2D eigenvalue weighted by atomic mass is 9.53. The summed E-state index contributed by atoms with van der Waals surface area (Å²) in [5.74, 6) is 3.58. The molecule has 2 aromatic carbocycles. The van der Waals surface area contributed by atoms with Crippen LogP contribution in [0.4, 0.5) is 0 Å². The van der Waals surface area contributed by atoms with E-state index in [1.165, 1.54) is 24.8 Å². The summed E-state index contributed by atoms with van der Waals surface area (Å²) in [6, 6.07) is 16.1. The molecule has 4 aliphatic carbocycles. The first-order valence-electron chi connectivity index (χ1n) is 15.3. The van der Waals surface area contributed by atoms with Gasteiger partial charge in [0.1, 0.15) is 24.2 Å². The van der Waals surface area contributed by atoms with Gasteiger partial charge in [0.2, 0.25) is 5.91 Å². The van der Waals surface area contributed by atoms with Gasteiger partial charge < -0.3 is 24.4 Å². The Kier molecular flexibility index (Phi) is 9.53. The zero-order valence-corrected chi connectivity index (χ0v) is 24.9. The van der Waals surface area contributed by atoms with Gasteiger partial charge in [0, 0.05) is 18.5 Å². The number of carbonyl (C=O) groups excluding carboxylic acids is 2. The zero-order valence-electron chi connectivity index (χ0n) is 24.9. The number of likely N-dealkylation sites (N-methyl/N-ethyl adjacent to an activating group) is 1. The predicted molar refractivity (Wildman–Crippen MR) is 159 cm³/mol. The highest BCUT2D eigenvalue weighted by atomic mass is 16.6. The van der Waals surface area contributed by atoms with E-state index in [9.17, 15) is 9.59 Å². The summed E-state index contributed by atoms with van der Waals surface area (Å²) >= 11 is 0. The molecule has 7 nitrogen and oxygen atoms in total. The lowest BCUT2D eigenvalue weighted by Gasteiger charge is -2.56. The lowest BCUT2D eigenvalue weighted by molar-refractivity contribution is -0.152. The highest BCUT2D eigenvalue weighted by Gasteiger charge is 2.51. The molecular weight excluding hydrogens is 516 g/mol. The van der Waals surface area contributed by atoms with Gasteiger partial charge in [-0.25, -0.2) is 0 Å². The van der Waals surface area contributed by atoms with E-state index in [4.69, 9.17) is 14.2 Å². The van der Waals surface area contributed by atoms with Crippen molar-refractivity contribution >= 4 is 11.9 Å². The number of amides is 1. The van der Waals surface area contributed by atoms with Crippen molar-refractivity contribution in [1.29, 1.82) is 0 Å². The van der Waals surface area contributed by atoms with Gasteiger partial charge >= 0.3 is 5.97 Å². The molecule has 0 spiro atoms. The molecule has 4 fully saturated rings. The van der Waals surface area contributed by atoms with Crippen molar-refractivity contribution in [2.75, 3.05) is 34.4 Å². The molecule has 0 aromatic heterocycles. The first kappa shape index (κ1) is 29.4. The molecule has 6 rings (SSSR count). The number of hydrogen-bond donors (Lipinski definition) is 1. The van der Waals surface area contributed by atoms with Crippen LogP contribution in [0.2, 0.25) is 0 Å². The Labute approximate surface area is 244 Å². The second-order valence-corrected chi connectivity index (χ2v) is 12.9. The number of benzene rings is 2. The van der Waals surface area contributed by atoms with E-state index in [2.05, 4.69) is 23.5 Å². The Morgan fingerprint density at radius 3 is 2.34 bits per heavy atom. The van der Waals surface area contributed by atoms with Gasteiger partial charge in [-0.15, -0.1) is 0 Å². The summed E-state index contributed by atoms with van der Waals surface area (Å²) in [6.45, 7) is 0.788. The number of para-hydroxylation sites is 1. The van der Waals surface area contributed by atoms with Crippen LogP contribution in [0.3, 0.4) is 0 Å². The van der Waals surface area contributed by atoms with E-state index in [0.717, 1.165) is 66.9 Å². The summed E-state index contributed by atoms with van der Waals surface area (Å²) in [4.78, 5) is 27.7. The maximum absolute atomic E-state index is 12.9. The Balaban J connectivity index is 1.10. The van der Waals surface area contributed by atoms with Crippen LogP contribution in [0, 0.1) is 17.8 Å². The van der Waals surface area contributed by atoms with Crippen LogP contribution >= 0.6 is 0 Å². The molecule has 1 amide bonds. The molecule has 0 heterocycles. The molecule has 0 aliphatic heterocycles. The molecule has 0 unspecified atom stereocenters. The number of nitrogens with one attached hydrogen (secondary N) is 1. The minimum absolute atomic E-state index is 0.0192. The van der Waals surface area contributed by atoms with Gasteiger partial charge in [0.15, 0.2) is 0 Å². The number of methoxy groups -OCH3 is 1. The van der Waals surface area contributed by atoms with Crippen molar-refractivity contribution in [3.8, 4) is 11.5 Å². The fourth-order valence-electron chi connectivity index (χ4n) is 7.75. The van der Waals surface area contributed by atoms with Gasteiger partial charge in [-0.2, -0.15) is 0 Å². The Morgan fingerprint density at radius 2 is 1.66 bits per heavy atom. The van der Waals surface area contributed by atoms with Gasteiger partial charge in [-0.3, -0.25) is 9.59 Å². The van der Waals surface area contributed by atoms with Gasteiger partial charge in [0.25, 0.3) is 0 Å². The van der Waals surface area contributed by atoms with Crippen molar-refractivity contribution in [2.45, 2.75) is 75.9 Å². The number of carbonyl (C=O) groups is 2. The molecule has 7 heteroatoms. The molecule has 4 aliphatic rings. The van der Waals surface area contributed by atoms with E-state index in [0.29, 0.717) is 6.54 Å². The fraction of sp³-hybridized carbons (Fsp3) is 0.588. The fourth-order valence-corrected chi connectivity index (χ4v) is 7.75. The molecule has 1 N–H and O–H groups in total. The molecule has 4 saturated carbocycles. The van der Waals surface area contributed by atoms with Crippen molar-refractivity contribution in [1.82, 2.24) is 10.2 Å². The highest BCUT2D eigenvalue weighted by molar-refractivity contribution is 5.82. The Hall–Kier alpha value is -3.06. The van der Waals surface area contributed by atoms with Gasteiger partial charge in [-0.1, -0.05) is 30.3 Å². The van der Waals surface area contributed by atoms with Crippen molar-refractivity contribution in [3.63, 3.8) is 0 Å². The monoisotopic (exact) mass is 562 g/mol. The first-order valence-corrected chi connectivity index (χ1v) is 15.3. The van der Waals surface area contributed by atoms with Crippen molar-refractivity contribution in [3.05, 3.63) is 59.7 Å². The average Bonchev–Trinajstić information content (AvgIpc) is 2.93. The molecular formula is C34H46N2O5. The summed E-state index contributed by atoms with van der Waals surface area (Å²) < 4.78 is 17.4. The lowest BCUT2D eigenvalue weighted by Crippen LogP contribution is -2.59. The second kappa shape index (κ2) is 13.3. The average molecular weight is 563 g/mol. The SMILES string of the molecule is COc1cccc(CCc2ccccc2OC[C@H](CN(C)C)OC(=O)CCC(=O)NC23CC4CC(CC(C4)C2)C3)c1. The minimum Gasteiger partial charge on any atom is -0.497 e. The van der Waals surface area contributed by atoms with E-state index in [1.807, 2.05) is 49.3 Å². The molecule has 222 valence electrons. The predicted octanol–water partition coefficient (Wildman–Crippen LogP) is 5.20. The zero-order chi connectivity index (χ0) is 28.8. The standard InChI is InChI=1S/C34H46N2O5/c1-36(2)22-30(23-40-31-10-5-4-8-28(31)12-11-24-7-6-9-29(18-24)39-3)41-33(38)14-13-32(37)35-34-19-25-15-26(20-34)17-27(16-25)21-34/h4-10,18,25-27,30H,11-17,19-23H2,1-3H3,(H,35,37)/t25?,26?,27?,30-,34?/m0/s1. The number of ether oxygens (including phenoxy) is 3. The smallest absolute Gasteiger partial charge is 0.306 e. The van der Waals surface area contributed by atoms with E-state index < -0.39 is 6.10 Å². The molecule has 0 saturated heterocycles. The van der Waals surface area contributed by atoms with Crippen LogP contribution in [0.1, 0.15) is 62.5 Å². The summed E-state index contributed by atoms with van der Waals surface area (Å²) in [6.07, 6.45) is 8.84. The minimum atomic E-state index is -0.435. The molecule has 2 aromatic rings. The van der Waals surface area contributed by atoms with E-state index >= 15 is 0 Å². The second-order valence-electron chi connectivity index (χ2n) is 12.9. The molecule has 41 heavy (non-hydrogen) atoms. The van der Waals surface area contributed by atoms with Crippen molar-refractivity contribution in [2.24, 2.45) is 17.8 Å². The molecule has 4 bridgehead atoms. The van der Waals surface area contributed by atoms with Crippen molar-refractivity contribution < 1.29 is 23.8 Å². The summed E-state index contributed by atoms with van der Waals surface area (Å²) in [5.41, 5.74) is 2.27. The number of rotatable bonds is 14. The number of hydrogen-bond acceptors (Lipinski definition) is 6. The van der Waals surface area contributed by atoms with E-state index in [1.54, 1.807) is 7.11 Å². The van der Waals surface area contributed by atoms with Gasteiger partial charge in [0.05, 0.1) is 13.5 Å². The van der Waals surface area contributed by atoms with Crippen LogP contribution < -0.4 is 14.8 Å². The molecule has 0 radical (unpaired) electrons. The van der Waals surface area contributed by atoms with Crippen LogP contribution in [0.15, 0.2) is 48.5 Å². The summed E-state index contributed by atoms with van der Waals surface area (Å²) in [7, 11) is 5.57. The topological polar surface area (TPSA) is 77.1 Å². The Bertz CT molecular complexity index is 1160. The quantitative estimate of drug-likeness (QED) is 0.319. The largest absolute Gasteiger partial charge is 0.497 e. The van der Waals surface area contributed by atoms with Crippen LogP contribution in [-0.2, 0) is 27.2 Å². The van der Waals surface area contributed by atoms with E-state index in [-0.39, 0.29) is 36.9 Å².